The molecule has 4 aromatic rings. The number of aryl methyl sites for hydroxylation is 1. The quantitative estimate of drug-likeness (QED) is 0.375. The second kappa shape index (κ2) is 8.90. The van der Waals surface area contributed by atoms with Gasteiger partial charge in [-0.1, -0.05) is 79.7 Å². The first-order valence-electron chi connectivity index (χ1n) is 10.3. The lowest BCUT2D eigenvalue weighted by molar-refractivity contribution is 0.674. The maximum Gasteiger partial charge on any atom is 0.0483 e. The molecule has 28 heavy (non-hydrogen) atoms. The molecule has 0 bridgehead atoms. The zero-order chi connectivity index (χ0) is 19.2. The fourth-order valence-electron chi connectivity index (χ4n) is 3.84. The van der Waals surface area contributed by atoms with Gasteiger partial charge in [-0.2, -0.15) is 0 Å². The number of benzene rings is 3. The van der Waals surface area contributed by atoms with E-state index in [-0.39, 0.29) is 0 Å². The van der Waals surface area contributed by atoms with Crippen molar-refractivity contribution in [3.63, 3.8) is 0 Å². The molecule has 0 atom stereocenters. The summed E-state index contributed by atoms with van der Waals surface area (Å²) in [6.07, 6.45) is 4.52. The van der Waals surface area contributed by atoms with Crippen molar-refractivity contribution in [2.75, 3.05) is 6.54 Å². The maximum atomic E-state index is 3.63. The highest BCUT2D eigenvalue weighted by Crippen LogP contribution is 2.22. The molecule has 0 spiro atoms. The molecule has 0 saturated heterocycles. The van der Waals surface area contributed by atoms with Gasteiger partial charge in [-0.15, -0.1) is 0 Å². The first-order chi connectivity index (χ1) is 13.8. The average molecular weight is 369 g/mol. The second-order valence-electron chi connectivity index (χ2n) is 7.35. The van der Waals surface area contributed by atoms with Crippen molar-refractivity contribution in [1.29, 1.82) is 0 Å². The van der Waals surface area contributed by atoms with Gasteiger partial charge >= 0.3 is 0 Å². The van der Waals surface area contributed by atoms with Crippen LogP contribution < -0.4 is 5.32 Å². The Balaban J connectivity index is 1.34. The molecule has 1 heterocycles. The van der Waals surface area contributed by atoms with Crippen LogP contribution in [0.5, 0.6) is 0 Å². The molecule has 3 aromatic carbocycles. The van der Waals surface area contributed by atoms with Crippen molar-refractivity contribution in [3.05, 3.63) is 96.2 Å². The summed E-state index contributed by atoms with van der Waals surface area (Å²) >= 11 is 0. The van der Waals surface area contributed by atoms with Crippen molar-refractivity contribution in [2.45, 2.75) is 32.9 Å². The summed E-state index contributed by atoms with van der Waals surface area (Å²) < 4.78 is 2.38. The molecular weight excluding hydrogens is 340 g/mol. The topological polar surface area (TPSA) is 17.0 Å². The highest BCUT2D eigenvalue weighted by Gasteiger charge is 2.07. The summed E-state index contributed by atoms with van der Waals surface area (Å²) in [6, 6.07) is 28.2. The van der Waals surface area contributed by atoms with Crippen LogP contribution in [0.4, 0.5) is 0 Å². The number of rotatable bonds is 8. The third-order valence-electron chi connectivity index (χ3n) is 5.30. The SMILES string of the molecule is CCCn1cc(CNCCc2ccc(-c3ccccc3)cc2)c2ccccc21. The lowest BCUT2D eigenvalue weighted by atomic mass is 10.0. The minimum absolute atomic E-state index is 0.916. The van der Waals surface area contributed by atoms with Crippen molar-refractivity contribution < 1.29 is 0 Å². The highest BCUT2D eigenvalue weighted by molar-refractivity contribution is 5.83. The number of hydrogen-bond donors (Lipinski definition) is 1. The molecule has 1 N–H and O–H groups in total. The third-order valence-corrected chi connectivity index (χ3v) is 5.30. The van der Waals surface area contributed by atoms with Crippen LogP contribution in [0.3, 0.4) is 0 Å². The Kier molecular flexibility index (Phi) is 5.89. The van der Waals surface area contributed by atoms with Gasteiger partial charge in [0.15, 0.2) is 0 Å². The number of aromatic nitrogens is 1. The van der Waals surface area contributed by atoms with E-state index in [0.29, 0.717) is 0 Å². The second-order valence-corrected chi connectivity index (χ2v) is 7.35. The zero-order valence-electron chi connectivity index (χ0n) is 16.6. The molecule has 0 unspecified atom stereocenters. The summed E-state index contributed by atoms with van der Waals surface area (Å²) in [5.41, 5.74) is 6.67. The van der Waals surface area contributed by atoms with E-state index < -0.39 is 0 Å². The van der Waals surface area contributed by atoms with E-state index in [1.165, 1.54) is 33.2 Å². The molecule has 1 aromatic heterocycles. The molecule has 0 amide bonds. The average Bonchev–Trinajstić information content (AvgIpc) is 3.10. The molecule has 4 rings (SSSR count). The Morgan fingerprint density at radius 1 is 0.786 bits per heavy atom. The summed E-state index contributed by atoms with van der Waals surface area (Å²) in [4.78, 5) is 0. The molecule has 0 radical (unpaired) electrons. The molecule has 2 heteroatoms. The summed E-state index contributed by atoms with van der Waals surface area (Å²) in [7, 11) is 0. The maximum absolute atomic E-state index is 3.63. The van der Waals surface area contributed by atoms with Crippen LogP contribution in [-0.2, 0) is 19.5 Å². The molecule has 0 aliphatic heterocycles. The first kappa shape index (κ1) is 18.5. The molecule has 0 fully saturated rings. The standard InChI is InChI=1S/C26H28N2/c1-2-18-28-20-24(25-10-6-7-11-26(25)28)19-27-17-16-21-12-14-23(15-13-21)22-8-4-3-5-9-22/h3-15,20,27H,2,16-19H2,1H3. The Morgan fingerprint density at radius 2 is 1.50 bits per heavy atom. The van der Waals surface area contributed by atoms with E-state index in [1.54, 1.807) is 0 Å². The van der Waals surface area contributed by atoms with Gasteiger partial charge in [-0.05, 0) is 47.7 Å². The summed E-state index contributed by atoms with van der Waals surface area (Å²) in [6.45, 7) is 5.21. The number of nitrogens with zero attached hydrogens (tertiary/aromatic N) is 1. The van der Waals surface area contributed by atoms with Crippen LogP contribution in [0.25, 0.3) is 22.0 Å². The van der Waals surface area contributed by atoms with Crippen LogP contribution in [0.15, 0.2) is 85.1 Å². The lowest BCUT2D eigenvalue weighted by Crippen LogP contribution is -2.16. The van der Waals surface area contributed by atoms with Gasteiger partial charge in [-0.25, -0.2) is 0 Å². The fraction of sp³-hybridized carbons (Fsp3) is 0.231. The monoisotopic (exact) mass is 368 g/mol. The van der Waals surface area contributed by atoms with E-state index in [9.17, 15) is 0 Å². The Labute approximate surface area is 167 Å². The molecule has 0 aliphatic carbocycles. The van der Waals surface area contributed by atoms with Crippen LogP contribution in [0, 0.1) is 0 Å². The van der Waals surface area contributed by atoms with Crippen LogP contribution in [-0.4, -0.2) is 11.1 Å². The van der Waals surface area contributed by atoms with Crippen molar-refractivity contribution >= 4 is 10.9 Å². The smallest absolute Gasteiger partial charge is 0.0483 e. The number of para-hydroxylation sites is 1. The first-order valence-corrected chi connectivity index (χ1v) is 10.3. The minimum atomic E-state index is 0.916. The van der Waals surface area contributed by atoms with Crippen molar-refractivity contribution in [3.8, 4) is 11.1 Å². The summed E-state index contributed by atoms with van der Waals surface area (Å²) in [5.74, 6) is 0. The Morgan fingerprint density at radius 3 is 2.29 bits per heavy atom. The van der Waals surface area contributed by atoms with Gasteiger partial charge in [0.1, 0.15) is 0 Å². The van der Waals surface area contributed by atoms with Crippen LogP contribution in [0.2, 0.25) is 0 Å². The van der Waals surface area contributed by atoms with Gasteiger partial charge in [-0.3, -0.25) is 0 Å². The number of fused-ring (bicyclic) bond motifs is 1. The van der Waals surface area contributed by atoms with Crippen LogP contribution >= 0.6 is 0 Å². The predicted molar refractivity (Wildman–Crippen MR) is 120 cm³/mol. The Hall–Kier alpha value is -2.84. The Bertz CT molecular complexity index is 1010. The van der Waals surface area contributed by atoms with Crippen molar-refractivity contribution in [1.82, 2.24) is 9.88 Å². The van der Waals surface area contributed by atoms with Crippen molar-refractivity contribution in [2.24, 2.45) is 0 Å². The van der Waals surface area contributed by atoms with E-state index in [4.69, 9.17) is 0 Å². The van der Waals surface area contributed by atoms with Gasteiger partial charge in [0.05, 0.1) is 0 Å². The predicted octanol–water partition coefficient (Wildman–Crippen LogP) is 6.05. The molecule has 0 saturated carbocycles. The van der Waals surface area contributed by atoms with Gasteiger partial charge in [0.2, 0.25) is 0 Å². The normalized spacial score (nSPS) is 11.2. The van der Waals surface area contributed by atoms with E-state index >= 15 is 0 Å². The number of hydrogen-bond acceptors (Lipinski definition) is 1. The van der Waals surface area contributed by atoms with Crippen LogP contribution in [0.1, 0.15) is 24.5 Å². The van der Waals surface area contributed by atoms with Gasteiger partial charge in [0.25, 0.3) is 0 Å². The fourth-order valence-corrected chi connectivity index (χ4v) is 3.84. The molecule has 142 valence electrons. The van der Waals surface area contributed by atoms with E-state index in [2.05, 4.69) is 102 Å². The molecule has 0 aliphatic rings. The van der Waals surface area contributed by atoms with Gasteiger partial charge in [0, 0.05) is 30.2 Å². The minimum Gasteiger partial charge on any atom is -0.347 e. The zero-order valence-corrected chi connectivity index (χ0v) is 16.6. The van der Waals surface area contributed by atoms with E-state index in [1.807, 2.05) is 0 Å². The van der Waals surface area contributed by atoms with Gasteiger partial charge < -0.3 is 9.88 Å². The number of nitrogens with one attached hydrogen (secondary N) is 1. The summed E-state index contributed by atoms with van der Waals surface area (Å²) in [5, 5.41) is 5.00. The molecular formula is C26H28N2. The highest BCUT2D eigenvalue weighted by atomic mass is 15.0. The van der Waals surface area contributed by atoms with E-state index in [0.717, 1.165) is 32.5 Å². The molecule has 2 nitrogen and oxygen atoms in total. The largest absolute Gasteiger partial charge is 0.347 e. The lowest BCUT2D eigenvalue weighted by Gasteiger charge is -2.06. The third kappa shape index (κ3) is 4.18.